The first-order chi connectivity index (χ1) is 15.0. The molecule has 1 atom stereocenters. The van der Waals surface area contributed by atoms with Crippen molar-refractivity contribution < 1.29 is 14.3 Å². The lowest BCUT2D eigenvalue weighted by molar-refractivity contribution is -0.120. The van der Waals surface area contributed by atoms with Gasteiger partial charge in [-0.25, -0.2) is 4.98 Å². The minimum Gasteiger partial charge on any atom is -0.493 e. The first-order valence-corrected chi connectivity index (χ1v) is 11.7. The number of nitrogens with one attached hydrogen (secondary N) is 3. The monoisotopic (exact) mass is 476 g/mol. The number of hydrogen-bond acceptors (Lipinski definition) is 7. The summed E-state index contributed by atoms with van der Waals surface area (Å²) in [5.74, 6) is 1.21. The standard InChI is InChI=1S/C21H24N4O3S3/c1-13(30-21-23-15-6-4-5-7-18(15)31-21)19(26)24-25-20(29)22-11-10-14-8-9-16(27-2)17(12-14)28-3/h4-9,12-13H,10-11H2,1-3H3,(H,24,26)(H2,22,25,29)/t13-/m0/s1. The van der Waals surface area contributed by atoms with Gasteiger partial charge in [0.1, 0.15) is 0 Å². The Morgan fingerprint density at radius 1 is 1.16 bits per heavy atom. The van der Waals surface area contributed by atoms with Crippen molar-refractivity contribution in [3.63, 3.8) is 0 Å². The van der Waals surface area contributed by atoms with Gasteiger partial charge in [0.05, 0.1) is 29.7 Å². The number of carbonyl (C=O) groups is 1. The Labute approximate surface area is 194 Å². The third kappa shape index (κ3) is 6.46. The Kier molecular flexibility index (Phi) is 8.33. The van der Waals surface area contributed by atoms with Gasteiger partial charge in [0.2, 0.25) is 0 Å². The Morgan fingerprint density at radius 3 is 2.68 bits per heavy atom. The number of thiocarbonyl (C=S) groups is 1. The zero-order valence-electron chi connectivity index (χ0n) is 17.4. The second-order valence-electron chi connectivity index (χ2n) is 6.52. The molecule has 0 aliphatic rings. The fourth-order valence-corrected chi connectivity index (χ4v) is 5.09. The Bertz CT molecular complexity index is 1020. The van der Waals surface area contributed by atoms with E-state index in [-0.39, 0.29) is 11.2 Å². The number of ether oxygens (including phenoxy) is 2. The van der Waals surface area contributed by atoms with Gasteiger partial charge < -0.3 is 14.8 Å². The lowest BCUT2D eigenvalue weighted by Crippen LogP contribution is -2.49. The molecular weight excluding hydrogens is 452 g/mol. The minimum absolute atomic E-state index is 0.173. The molecule has 0 bridgehead atoms. The normalized spacial score (nSPS) is 11.6. The first-order valence-electron chi connectivity index (χ1n) is 9.57. The van der Waals surface area contributed by atoms with Crippen molar-refractivity contribution in [1.29, 1.82) is 0 Å². The zero-order chi connectivity index (χ0) is 22.2. The van der Waals surface area contributed by atoms with Crippen LogP contribution in [0.25, 0.3) is 10.2 Å². The summed E-state index contributed by atoms with van der Waals surface area (Å²) in [6, 6.07) is 13.7. The molecule has 2 aromatic carbocycles. The van der Waals surface area contributed by atoms with E-state index < -0.39 is 0 Å². The number of para-hydroxylation sites is 1. The average molecular weight is 477 g/mol. The van der Waals surface area contributed by atoms with Gasteiger partial charge >= 0.3 is 0 Å². The van der Waals surface area contributed by atoms with E-state index in [0.717, 1.165) is 26.5 Å². The highest BCUT2D eigenvalue weighted by atomic mass is 32.2. The van der Waals surface area contributed by atoms with Gasteiger partial charge in [0.15, 0.2) is 21.0 Å². The van der Waals surface area contributed by atoms with Crippen LogP contribution in [0.3, 0.4) is 0 Å². The number of benzene rings is 2. The van der Waals surface area contributed by atoms with E-state index in [0.29, 0.717) is 23.2 Å². The molecule has 1 aromatic heterocycles. The van der Waals surface area contributed by atoms with Gasteiger partial charge in [-0.1, -0.05) is 30.0 Å². The summed E-state index contributed by atoms with van der Waals surface area (Å²) in [4.78, 5) is 16.9. The van der Waals surface area contributed by atoms with Crippen LogP contribution in [0.15, 0.2) is 46.8 Å². The SMILES string of the molecule is COc1ccc(CCNC(=S)NNC(=O)[C@H](C)Sc2nc3ccccc3s2)cc1OC. The Hall–Kier alpha value is -2.56. The summed E-state index contributed by atoms with van der Waals surface area (Å²) in [5, 5.41) is 3.11. The summed E-state index contributed by atoms with van der Waals surface area (Å²) in [6.07, 6.45) is 0.736. The molecule has 0 unspecified atom stereocenters. The van der Waals surface area contributed by atoms with Crippen molar-refractivity contribution in [3.05, 3.63) is 48.0 Å². The number of nitrogens with zero attached hydrogens (tertiary/aromatic N) is 1. The number of fused-ring (bicyclic) bond motifs is 1. The second kappa shape index (κ2) is 11.2. The van der Waals surface area contributed by atoms with Crippen molar-refractivity contribution in [3.8, 4) is 11.5 Å². The molecule has 164 valence electrons. The van der Waals surface area contributed by atoms with Gasteiger partial charge in [0.25, 0.3) is 5.91 Å². The van der Waals surface area contributed by atoms with Gasteiger partial charge in [-0.05, 0) is 55.4 Å². The van der Waals surface area contributed by atoms with E-state index in [4.69, 9.17) is 21.7 Å². The van der Waals surface area contributed by atoms with Crippen molar-refractivity contribution in [2.45, 2.75) is 22.9 Å². The number of rotatable bonds is 8. The van der Waals surface area contributed by atoms with E-state index in [1.54, 1.807) is 25.6 Å². The second-order valence-corrected chi connectivity index (χ2v) is 9.54. The largest absolute Gasteiger partial charge is 0.493 e. The fraction of sp³-hybridized carbons (Fsp3) is 0.286. The molecule has 1 heterocycles. The highest BCUT2D eigenvalue weighted by Gasteiger charge is 2.17. The topological polar surface area (TPSA) is 84.5 Å². The van der Waals surface area contributed by atoms with E-state index in [9.17, 15) is 4.79 Å². The van der Waals surface area contributed by atoms with Crippen molar-refractivity contribution in [2.24, 2.45) is 0 Å². The number of hydrazine groups is 1. The smallest absolute Gasteiger partial charge is 0.251 e. The van der Waals surface area contributed by atoms with E-state index in [2.05, 4.69) is 21.2 Å². The van der Waals surface area contributed by atoms with Crippen molar-refractivity contribution in [2.75, 3.05) is 20.8 Å². The number of amides is 1. The van der Waals surface area contributed by atoms with Crippen LogP contribution in [-0.4, -0.2) is 42.0 Å². The molecule has 0 fully saturated rings. The molecule has 0 aliphatic carbocycles. The number of methoxy groups -OCH3 is 2. The van der Waals surface area contributed by atoms with E-state index in [1.165, 1.54) is 11.8 Å². The highest BCUT2D eigenvalue weighted by Crippen LogP contribution is 2.31. The van der Waals surface area contributed by atoms with Crippen molar-refractivity contribution in [1.82, 2.24) is 21.2 Å². The molecule has 0 saturated carbocycles. The van der Waals surface area contributed by atoms with E-state index >= 15 is 0 Å². The van der Waals surface area contributed by atoms with E-state index in [1.807, 2.05) is 49.4 Å². The summed E-state index contributed by atoms with van der Waals surface area (Å²) < 4.78 is 12.5. The lowest BCUT2D eigenvalue weighted by Gasteiger charge is -2.14. The van der Waals surface area contributed by atoms with Gasteiger partial charge in [0, 0.05) is 6.54 Å². The van der Waals surface area contributed by atoms with Crippen LogP contribution in [0, 0.1) is 0 Å². The Balaban J connectivity index is 1.40. The number of thiazole rings is 1. The highest BCUT2D eigenvalue weighted by molar-refractivity contribution is 8.02. The number of aromatic nitrogens is 1. The fourth-order valence-electron chi connectivity index (χ4n) is 2.73. The molecule has 3 N–H and O–H groups in total. The zero-order valence-corrected chi connectivity index (χ0v) is 19.9. The third-order valence-corrected chi connectivity index (χ3v) is 6.84. The number of carbonyl (C=O) groups excluding carboxylic acids is 1. The predicted octanol–water partition coefficient (Wildman–Crippen LogP) is 3.53. The molecular formula is C21H24N4O3S3. The van der Waals surface area contributed by atoms with Crippen LogP contribution in [0.4, 0.5) is 0 Å². The molecule has 10 heteroatoms. The van der Waals surface area contributed by atoms with Crippen LogP contribution in [0.2, 0.25) is 0 Å². The van der Waals surface area contributed by atoms with Crippen LogP contribution < -0.4 is 25.6 Å². The molecule has 0 spiro atoms. The molecule has 3 rings (SSSR count). The first kappa shape index (κ1) is 23.1. The van der Waals surface area contributed by atoms with Crippen LogP contribution in [0.5, 0.6) is 11.5 Å². The number of thioether (sulfide) groups is 1. The minimum atomic E-state index is -0.317. The molecule has 31 heavy (non-hydrogen) atoms. The molecule has 3 aromatic rings. The summed E-state index contributed by atoms with van der Waals surface area (Å²) in [6.45, 7) is 2.44. The van der Waals surface area contributed by atoms with Crippen LogP contribution >= 0.6 is 35.3 Å². The lowest BCUT2D eigenvalue weighted by atomic mass is 10.1. The molecule has 0 aliphatic heterocycles. The third-order valence-electron chi connectivity index (χ3n) is 4.37. The summed E-state index contributed by atoms with van der Waals surface area (Å²) >= 11 is 8.24. The molecule has 0 radical (unpaired) electrons. The van der Waals surface area contributed by atoms with Gasteiger partial charge in [-0.3, -0.25) is 15.6 Å². The maximum atomic E-state index is 12.4. The van der Waals surface area contributed by atoms with Crippen molar-refractivity contribution >= 4 is 56.6 Å². The average Bonchev–Trinajstić information content (AvgIpc) is 3.19. The maximum Gasteiger partial charge on any atom is 0.251 e. The maximum absolute atomic E-state index is 12.4. The molecule has 1 amide bonds. The summed E-state index contributed by atoms with van der Waals surface area (Å²) in [7, 11) is 3.22. The quantitative estimate of drug-likeness (QED) is 0.259. The predicted molar refractivity (Wildman–Crippen MR) is 130 cm³/mol. The Morgan fingerprint density at radius 2 is 1.94 bits per heavy atom. The molecule has 7 nitrogen and oxygen atoms in total. The van der Waals surface area contributed by atoms with Crippen LogP contribution in [0.1, 0.15) is 12.5 Å². The van der Waals surface area contributed by atoms with Gasteiger partial charge in [-0.15, -0.1) is 11.3 Å². The van der Waals surface area contributed by atoms with Gasteiger partial charge in [-0.2, -0.15) is 0 Å². The molecule has 0 saturated heterocycles. The number of hydrogen-bond donors (Lipinski definition) is 3. The van der Waals surface area contributed by atoms with Crippen LogP contribution in [-0.2, 0) is 11.2 Å². The summed E-state index contributed by atoms with van der Waals surface area (Å²) in [5.41, 5.74) is 7.42.